The van der Waals surface area contributed by atoms with Crippen LogP contribution in [-0.2, 0) is 28.8 Å². The molecule has 0 radical (unpaired) electrons. The first kappa shape index (κ1) is 22.4. The number of benzene rings is 1. The Morgan fingerprint density at radius 1 is 1.17 bits per heavy atom. The minimum atomic E-state index is -4.36. The van der Waals surface area contributed by atoms with E-state index in [9.17, 15) is 18.0 Å². The van der Waals surface area contributed by atoms with Gasteiger partial charge in [0.1, 0.15) is 0 Å². The molecular weight excluding hydrogens is 393 g/mol. The number of nitrogens with zero attached hydrogens (tertiary/aromatic N) is 2. The Bertz CT molecular complexity index is 826. The molecule has 0 N–H and O–H groups in total. The largest absolute Gasteiger partial charge is 0.416 e. The number of aromatic nitrogens is 1. The maximum Gasteiger partial charge on any atom is 0.416 e. The molecule has 164 valence electrons. The SMILES string of the molecule is COCCN(Cc1cccn1Cc1cccc(C(F)(F)F)c1)C(=O)C1CCCCC1. The molecular formula is C23H29F3N2O2. The monoisotopic (exact) mass is 422 g/mol. The highest BCUT2D eigenvalue weighted by Gasteiger charge is 2.30. The third-order valence-electron chi connectivity index (χ3n) is 5.72. The van der Waals surface area contributed by atoms with Gasteiger partial charge in [0.15, 0.2) is 0 Å². The number of hydrogen-bond acceptors (Lipinski definition) is 2. The van der Waals surface area contributed by atoms with Crippen LogP contribution in [0.25, 0.3) is 0 Å². The van der Waals surface area contributed by atoms with E-state index in [0.717, 1.165) is 37.4 Å². The summed E-state index contributed by atoms with van der Waals surface area (Å²) in [6, 6.07) is 9.16. The van der Waals surface area contributed by atoms with Crippen LogP contribution in [0, 0.1) is 5.92 Å². The molecule has 1 aromatic carbocycles. The van der Waals surface area contributed by atoms with Crippen LogP contribution in [0.3, 0.4) is 0 Å². The maximum atomic E-state index is 13.1. The summed E-state index contributed by atoms with van der Waals surface area (Å²) in [7, 11) is 1.61. The second-order valence-electron chi connectivity index (χ2n) is 7.91. The van der Waals surface area contributed by atoms with Crippen molar-refractivity contribution >= 4 is 5.91 Å². The van der Waals surface area contributed by atoms with E-state index in [1.807, 2.05) is 27.8 Å². The van der Waals surface area contributed by atoms with Gasteiger partial charge in [0.05, 0.1) is 18.7 Å². The summed E-state index contributed by atoms with van der Waals surface area (Å²) in [5.41, 5.74) is 0.819. The number of ether oxygens (including phenoxy) is 1. The van der Waals surface area contributed by atoms with E-state index in [1.165, 1.54) is 18.6 Å². The van der Waals surface area contributed by atoms with Crippen molar-refractivity contribution in [3.8, 4) is 0 Å². The molecule has 1 amide bonds. The van der Waals surface area contributed by atoms with E-state index in [2.05, 4.69) is 0 Å². The summed E-state index contributed by atoms with van der Waals surface area (Å²) < 4.78 is 46.2. The van der Waals surface area contributed by atoms with Crippen LogP contribution >= 0.6 is 0 Å². The van der Waals surface area contributed by atoms with Gasteiger partial charge in [-0.1, -0.05) is 31.4 Å². The van der Waals surface area contributed by atoms with Crippen molar-refractivity contribution in [1.29, 1.82) is 0 Å². The van der Waals surface area contributed by atoms with E-state index >= 15 is 0 Å². The van der Waals surface area contributed by atoms with E-state index in [0.29, 0.717) is 31.8 Å². The molecule has 1 aliphatic carbocycles. The number of carbonyl (C=O) groups is 1. The number of alkyl halides is 3. The second kappa shape index (κ2) is 10.2. The lowest BCUT2D eigenvalue weighted by Gasteiger charge is -2.29. The van der Waals surface area contributed by atoms with E-state index in [1.54, 1.807) is 13.2 Å². The van der Waals surface area contributed by atoms with Crippen molar-refractivity contribution in [2.45, 2.75) is 51.4 Å². The van der Waals surface area contributed by atoms with Crippen LogP contribution in [-0.4, -0.2) is 35.6 Å². The highest BCUT2D eigenvalue weighted by molar-refractivity contribution is 5.78. The molecule has 7 heteroatoms. The molecule has 1 aromatic heterocycles. The van der Waals surface area contributed by atoms with Crippen molar-refractivity contribution in [3.05, 3.63) is 59.4 Å². The molecule has 4 nitrogen and oxygen atoms in total. The average Bonchev–Trinajstić information content (AvgIpc) is 3.17. The smallest absolute Gasteiger partial charge is 0.383 e. The lowest BCUT2D eigenvalue weighted by atomic mass is 9.88. The van der Waals surface area contributed by atoms with Gasteiger partial charge in [-0.25, -0.2) is 0 Å². The molecule has 0 bridgehead atoms. The van der Waals surface area contributed by atoms with Gasteiger partial charge < -0.3 is 14.2 Å². The van der Waals surface area contributed by atoms with Gasteiger partial charge in [-0.3, -0.25) is 4.79 Å². The van der Waals surface area contributed by atoms with Crippen molar-refractivity contribution < 1.29 is 22.7 Å². The first-order chi connectivity index (χ1) is 14.4. The Hall–Kier alpha value is -2.28. The highest BCUT2D eigenvalue weighted by atomic mass is 19.4. The van der Waals surface area contributed by atoms with Crippen LogP contribution < -0.4 is 0 Å². The van der Waals surface area contributed by atoms with Crippen LogP contribution in [0.4, 0.5) is 13.2 Å². The standard InChI is InChI=1S/C23H29F3N2O2/c1-30-14-13-28(22(29)19-8-3-2-4-9-19)17-21-11-6-12-27(21)16-18-7-5-10-20(15-18)23(24,25)26/h5-7,10-12,15,19H,2-4,8-9,13-14,16-17H2,1H3. The Labute approximate surface area is 175 Å². The lowest BCUT2D eigenvalue weighted by molar-refractivity contribution is -0.138. The maximum absolute atomic E-state index is 13.1. The van der Waals surface area contributed by atoms with Crippen LogP contribution in [0.2, 0.25) is 0 Å². The van der Waals surface area contributed by atoms with Gasteiger partial charge in [-0.2, -0.15) is 13.2 Å². The van der Waals surface area contributed by atoms with Crippen LogP contribution in [0.1, 0.15) is 48.9 Å². The molecule has 0 unspecified atom stereocenters. The van der Waals surface area contributed by atoms with Crippen molar-refractivity contribution in [3.63, 3.8) is 0 Å². The Morgan fingerprint density at radius 3 is 2.63 bits per heavy atom. The number of rotatable bonds is 8. The van der Waals surface area contributed by atoms with E-state index in [4.69, 9.17) is 4.74 Å². The number of methoxy groups -OCH3 is 1. The molecule has 1 heterocycles. The Kier molecular flexibility index (Phi) is 7.58. The summed E-state index contributed by atoms with van der Waals surface area (Å²) in [6.07, 6.45) is 2.68. The number of carbonyl (C=O) groups excluding carboxylic acids is 1. The van der Waals surface area contributed by atoms with Crippen LogP contribution in [0.15, 0.2) is 42.6 Å². The summed E-state index contributed by atoms with van der Waals surface area (Å²) in [4.78, 5) is 14.9. The van der Waals surface area contributed by atoms with Gasteiger partial charge >= 0.3 is 6.18 Å². The average molecular weight is 422 g/mol. The molecule has 0 spiro atoms. The minimum absolute atomic E-state index is 0.0579. The predicted octanol–water partition coefficient (Wildman–Crippen LogP) is 5.11. The van der Waals surface area contributed by atoms with Gasteiger partial charge in [-0.05, 0) is 42.7 Å². The lowest BCUT2D eigenvalue weighted by Crippen LogP contribution is -2.39. The van der Waals surface area contributed by atoms with Gasteiger partial charge in [0, 0.05) is 38.0 Å². The van der Waals surface area contributed by atoms with E-state index < -0.39 is 11.7 Å². The van der Waals surface area contributed by atoms with Crippen molar-refractivity contribution in [1.82, 2.24) is 9.47 Å². The minimum Gasteiger partial charge on any atom is -0.383 e. The zero-order chi connectivity index (χ0) is 21.6. The van der Waals surface area contributed by atoms with Crippen molar-refractivity contribution in [2.24, 2.45) is 5.92 Å². The molecule has 1 aliphatic rings. The fourth-order valence-electron chi connectivity index (χ4n) is 4.06. The van der Waals surface area contributed by atoms with Gasteiger partial charge in [0.2, 0.25) is 5.91 Å². The molecule has 1 fully saturated rings. The summed E-state index contributed by atoms with van der Waals surface area (Å²) in [5.74, 6) is 0.209. The third kappa shape index (κ3) is 5.88. The number of amides is 1. The Morgan fingerprint density at radius 2 is 1.93 bits per heavy atom. The first-order valence-corrected chi connectivity index (χ1v) is 10.5. The predicted molar refractivity (Wildman–Crippen MR) is 109 cm³/mol. The number of hydrogen-bond donors (Lipinski definition) is 0. The topological polar surface area (TPSA) is 34.5 Å². The molecule has 2 aromatic rings. The first-order valence-electron chi connectivity index (χ1n) is 10.5. The Balaban J connectivity index is 1.74. The molecule has 1 saturated carbocycles. The second-order valence-corrected chi connectivity index (χ2v) is 7.91. The zero-order valence-corrected chi connectivity index (χ0v) is 17.3. The summed E-state index contributed by atoms with van der Waals surface area (Å²) >= 11 is 0. The molecule has 0 atom stereocenters. The van der Waals surface area contributed by atoms with Crippen LogP contribution in [0.5, 0.6) is 0 Å². The van der Waals surface area contributed by atoms with Gasteiger partial charge in [-0.15, -0.1) is 0 Å². The summed E-state index contributed by atoms with van der Waals surface area (Å²) in [5, 5.41) is 0. The zero-order valence-electron chi connectivity index (χ0n) is 17.3. The van der Waals surface area contributed by atoms with Gasteiger partial charge in [0.25, 0.3) is 0 Å². The fraction of sp³-hybridized carbons (Fsp3) is 0.522. The normalized spacial score (nSPS) is 15.3. The third-order valence-corrected chi connectivity index (χ3v) is 5.72. The number of halogens is 3. The molecule has 0 aliphatic heterocycles. The molecule has 0 saturated heterocycles. The molecule has 30 heavy (non-hydrogen) atoms. The molecule has 3 rings (SSSR count). The quantitative estimate of drug-likeness (QED) is 0.593. The highest BCUT2D eigenvalue weighted by Crippen LogP contribution is 2.30. The summed E-state index contributed by atoms with van der Waals surface area (Å²) in [6.45, 7) is 1.69. The van der Waals surface area contributed by atoms with Crippen molar-refractivity contribution in [2.75, 3.05) is 20.3 Å². The van der Waals surface area contributed by atoms with E-state index in [-0.39, 0.29) is 11.8 Å². The fourth-order valence-corrected chi connectivity index (χ4v) is 4.06.